The summed E-state index contributed by atoms with van der Waals surface area (Å²) in [7, 11) is 0. The highest BCUT2D eigenvalue weighted by molar-refractivity contribution is 7.15. The molecular weight excluding hydrogens is 464 g/mol. The van der Waals surface area contributed by atoms with Crippen molar-refractivity contribution >= 4 is 46.6 Å². The van der Waals surface area contributed by atoms with E-state index in [0.717, 1.165) is 63.3 Å². The van der Waals surface area contributed by atoms with Crippen LogP contribution in [0.25, 0.3) is 0 Å². The van der Waals surface area contributed by atoms with E-state index in [1.54, 1.807) is 0 Å². The van der Waals surface area contributed by atoms with Crippen LogP contribution in [0.5, 0.6) is 0 Å². The number of carbonyl (C=O) groups excluding carboxylic acids is 1. The summed E-state index contributed by atoms with van der Waals surface area (Å²) in [6, 6.07) is 7.62. The summed E-state index contributed by atoms with van der Waals surface area (Å²) in [5, 5.41) is 21.3. The Hall–Kier alpha value is -3.55. The summed E-state index contributed by atoms with van der Waals surface area (Å²) in [5.41, 5.74) is 6.83. The van der Waals surface area contributed by atoms with Crippen molar-refractivity contribution in [3.63, 3.8) is 0 Å². The zero-order chi connectivity index (χ0) is 24.9. The van der Waals surface area contributed by atoms with E-state index in [9.17, 15) is 9.59 Å². The minimum atomic E-state index is -1.33. The maximum atomic E-state index is 11.4. The molecule has 1 aliphatic rings. The van der Waals surface area contributed by atoms with E-state index < -0.39 is 12.2 Å². The van der Waals surface area contributed by atoms with Gasteiger partial charge in [-0.05, 0) is 30.5 Å². The Morgan fingerprint density at radius 2 is 1.85 bits per heavy atom. The van der Waals surface area contributed by atoms with Gasteiger partial charge >= 0.3 is 12.2 Å². The Balaban J connectivity index is 0.000000945. The van der Waals surface area contributed by atoms with Crippen molar-refractivity contribution in [1.82, 2.24) is 15.2 Å². The number of hydrogen-bond donors (Lipinski definition) is 5. The molecule has 3 amide bonds. The number of nitrogens with one attached hydrogen (secondary N) is 2. The molecule has 12 nitrogen and oxygen atoms in total. The molecule has 2 aromatic rings. The largest absolute Gasteiger partial charge is 0.465 e. The first kappa shape index (κ1) is 26.7. The highest BCUT2D eigenvalue weighted by atomic mass is 32.1. The van der Waals surface area contributed by atoms with Crippen molar-refractivity contribution in [2.75, 3.05) is 31.6 Å². The second-order valence-electron chi connectivity index (χ2n) is 7.17. The van der Waals surface area contributed by atoms with E-state index in [1.807, 2.05) is 24.3 Å². The van der Waals surface area contributed by atoms with Gasteiger partial charge in [-0.25, -0.2) is 19.6 Å². The number of aliphatic imine (C=N–C) groups is 1. The normalized spacial score (nSPS) is 13.7. The van der Waals surface area contributed by atoms with Gasteiger partial charge in [-0.1, -0.05) is 12.1 Å². The van der Waals surface area contributed by atoms with Crippen LogP contribution in [0.2, 0.25) is 0 Å². The number of aryl methyl sites for hydroxylation is 2. The van der Waals surface area contributed by atoms with Gasteiger partial charge in [-0.15, -0.1) is 11.3 Å². The van der Waals surface area contributed by atoms with Crippen LogP contribution in [-0.2, 0) is 28.9 Å². The zero-order valence-corrected chi connectivity index (χ0v) is 19.5. The van der Waals surface area contributed by atoms with Gasteiger partial charge in [0, 0.05) is 31.4 Å². The highest BCUT2D eigenvalue weighted by Crippen LogP contribution is 2.26. The molecular formula is C21H28N6O6S. The molecule has 0 bridgehead atoms. The number of thiazole rings is 1. The smallest absolute Gasteiger partial charge is 0.409 e. The van der Waals surface area contributed by atoms with E-state index >= 15 is 0 Å². The third-order valence-corrected chi connectivity index (χ3v) is 5.52. The first-order valence-corrected chi connectivity index (χ1v) is 11.2. The molecule has 0 radical (unpaired) electrons. The van der Waals surface area contributed by atoms with E-state index in [0.29, 0.717) is 10.8 Å². The summed E-state index contributed by atoms with van der Waals surface area (Å²) >= 11 is 1.53. The molecule has 0 unspecified atom stereocenters. The van der Waals surface area contributed by atoms with E-state index in [-0.39, 0.29) is 5.91 Å². The van der Waals surface area contributed by atoms with Gasteiger partial charge in [0.25, 0.3) is 0 Å². The molecule has 34 heavy (non-hydrogen) atoms. The zero-order valence-electron chi connectivity index (χ0n) is 18.7. The standard InChI is InChI=1S/C20H25N5O4S.CH3NO2/c1-14(26)23-19-24-17(18(30-19)12-25-8-10-29-11-9-25)7-4-15-2-5-16(6-3-15)21-13-22-20(27)28;2-1(3)4/h2-3,5-6,13H,4,7-12H2,1H3,(H,21,22)(H,27,28)(H,23,24,26);2H2,(H,3,4). The number of ether oxygens (including phenoxy) is 1. The number of nitrogens with two attached hydrogens (primary N) is 1. The van der Waals surface area contributed by atoms with Crippen LogP contribution < -0.4 is 16.4 Å². The molecule has 13 heteroatoms. The number of carbonyl (C=O) groups is 3. The Morgan fingerprint density at radius 1 is 1.21 bits per heavy atom. The second-order valence-corrected chi connectivity index (χ2v) is 8.25. The Morgan fingerprint density at radius 3 is 2.44 bits per heavy atom. The lowest BCUT2D eigenvalue weighted by molar-refractivity contribution is -0.114. The van der Waals surface area contributed by atoms with Gasteiger partial charge in [0.2, 0.25) is 5.91 Å². The van der Waals surface area contributed by atoms with Crippen LogP contribution in [0, 0.1) is 0 Å². The fourth-order valence-corrected chi connectivity index (χ4v) is 4.14. The van der Waals surface area contributed by atoms with Crippen LogP contribution in [0.1, 0.15) is 23.1 Å². The average Bonchev–Trinajstić information content (AvgIpc) is 3.13. The fourth-order valence-electron chi connectivity index (χ4n) is 3.04. The van der Waals surface area contributed by atoms with Crippen LogP contribution in [0.3, 0.4) is 0 Å². The molecule has 1 fully saturated rings. The maximum absolute atomic E-state index is 11.4. The molecule has 0 atom stereocenters. The number of aromatic nitrogens is 1. The molecule has 0 saturated carbocycles. The number of carboxylic acid groups (broad SMARTS) is 2. The molecule has 0 spiro atoms. The molecule has 1 saturated heterocycles. The Bertz CT molecular complexity index is 984. The van der Waals surface area contributed by atoms with Gasteiger partial charge in [0.05, 0.1) is 30.9 Å². The fraction of sp³-hybridized carbons (Fsp3) is 0.381. The van der Waals surface area contributed by atoms with Crippen molar-refractivity contribution in [3.05, 3.63) is 40.4 Å². The lowest BCUT2D eigenvalue weighted by Crippen LogP contribution is -2.35. The number of nitrogens with zero attached hydrogens (tertiary/aromatic N) is 3. The molecule has 1 aromatic heterocycles. The third kappa shape index (κ3) is 10.4. The van der Waals surface area contributed by atoms with Gasteiger partial charge in [0.1, 0.15) is 0 Å². The molecule has 6 N–H and O–H groups in total. The number of anilines is 1. The summed E-state index contributed by atoms with van der Waals surface area (Å²) < 4.78 is 5.42. The minimum absolute atomic E-state index is 0.123. The van der Waals surface area contributed by atoms with Crippen molar-refractivity contribution in [2.45, 2.75) is 26.3 Å². The summed E-state index contributed by atoms with van der Waals surface area (Å²) in [6.07, 6.45) is 0.231. The van der Waals surface area contributed by atoms with Crippen molar-refractivity contribution in [1.29, 1.82) is 0 Å². The van der Waals surface area contributed by atoms with E-state index in [1.165, 1.54) is 23.1 Å². The molecule has 1 aromatic carbocycles. The first-order valence-electron chi connectivity index (χ1n) is 10.4. The van der Waals surface area contributed by atoms with Crippen molar-refractivity contribution < 1.29 is 29.3 Å². The number of morpholine rings is 1. The molecule has 1 aliphatic heterocycles. The number of primary amides is 1. The van der Waals surface area contributed by atoms with Gasteiger partial charge in [0.15, 0.2) is 5.13 Å². The third-order valence-electron chi connectivity index (χ3n) is 4.52. The maximum Gasteiger partial charge on any atom is 0.409 e. The lowest BCUT2D eigenvalue weighted by atomic mass is 10.1. The minimum Gasteiger partial charge on any atom is -0.465 e. The number of amides is 3. The molecule has 0 aliphatic carbocycles. The van der Waals surface area contributed by atoms with Crippen LogP contribution in [-0.4, -0.2) is 70.8 Å². The van der Waals surface area contributed by atoms with Gasteiger partial charge in [-0.2, -0.15) is 0 Å². The molecule has 2 heterocycles. The predicted molar refractivity (Wildman–Crippen MR) is 128 cm³/mol. The lowest BCUT2D eigenvalue weighted by Gasteiger charge is -2.26. The number of hydrogen-bond acceptors (Lipinski definition) is 8. The summed E-state index contributed by atoms with van der Waals surface area (Å²) in [5.74, 6) is -0.123. The van der Waals surface area contributed by atoms with Crippen molar-refractivity contribution in [3.8, 4) is 0 Å². The predicted octanol–water partition coefficient (Wildman–Crippen LogP) is 2.27. The highest BCUT2D eigenvalue weighted by Gasteiger charge is 2.17. The quantitative estimate of drug-likeness (QED) is 0.275. The van der Waals surface area contributed by atoms with E-state index in [2.05, 4.69) is 31.2 Å². The average molecular weight is 493 g/mol. The van der Waals surface area contributed by atoms with Crippen LogP contribution in [0.4, 0.5) is 20.4 Å². The van der Waals surface area contributed by atoms with Gasteiger partial charge < -0.3 is 26.0 Å². The monoisotopic (exact) mass is 492 g/mol. The van der Waals surface area contributed by atoms with Gasteiger partial charge in [-0.3, -0.25) is 15.0 Å². The first-order chi connectivity index (χ1) is 16.2. The number of rotatable bonds is 8. The Kier molecular flexibility index (Phi) is 10.9. The molecule has 3 rings (SSSR count). The number of benzene rings is 1. The molecule has 184 valence electrons. The second kappa shape index (κ2) is 13.9. The topological polar surface area (TPSA) is 179 Å². The van der Waals surface area contributed by atoms with E-state index in [4.69, 9.17) is 19.7 Å². The summed E-state index contributed by atoms with van der Waals surface area (Å²) in [4.78, 5) is 42.8. The van der Waals surface area contributed by atoms with Crippen molar-refractivity contribution in [2.24, 2.45) is 10.7 Å². The SMILES string of the molecule is CC(=O)Nc1nc(CCc2ccc(N=CNC(=O)O)cc2)c(CN2CCOCC2)s1.NC(=O)O. The summed E-state index contributed by atoms with van der Waals surface area (Å²) in [6.45, 7) is 5.56. The van der Waals surface area contributed by atoms with Crippen LogP contribution >= 0.6 is 11.3 Å². The Labute approximate surface area is 200 Å². The van der Waals surface area contributed by atoms with Crippen LogP contribution in [0.15, 0.2) is 29.3 Å².